The highest BCUT2D eigenvalue weighted by molar-refractivity contribution is 6.18. The topological polar surface area (TPSA) is 28.7 Å². The first kappa shape index (κ1) is 10.9. The zero-order valence-corrected chi connectivity index (χ0v) is 11.3. The SMILES string of the molecule is c1ccc2c(c1)-c1cccc3ccc(-c4ccn[nH]4)c-2c13. The molecule has 98 valence electrons. The van der Waals surface area contributed by atoms with Crippen LogP contribution in [0.15, 0.2) is 66.9 Å². The third-order valence-electron chi connectivity index (χ3n) is 4.32. The summed E-state index contributed by atoms with van der Waals surface area (Å²) in [5, 5.41) is 9.84. The van der Waals surface area contributed by atoms with Gasteiger partial charge in [-0.05, 0) is 33.5 Å². The molecule has 4 aromatic rings. The molecular weight excluding hydrogens is 256 g/mol. The number of hydrogen-bond acceptors (Lipinski definition) is 1. The number of rotatable bonds is 1. The summed E-state index contributed by atoms with van der Waals surface area (Å²) in [6.07, 6.45) is 1.80. The highest BCUT2D eigenvalue weighted by Crippen LogP contribution is 2.50. The smallest absolute Gasteiger partial charge is 0.0656 e. The summed E-state index contributed by atoms with van der Waals surface area (Å²) < 4.78 is 0. The lowest BCUT2D eigenvalue weighted by Gasteiger charge is -2.08. The molecule has 0 radical (unpaired) electrons. The van der Waals surface area contributed by atoms with Gasteiger partial charge in [-0.3, -0.25) is 5.10 Å². The third kappa shape index (κ3) is 1.34. The summed E-state index contributed by atoms with van der Waals surface area (Å²) >= 11 is 0. The Kier molecular flexibility index (Phi) is 1.98. The van der Waals surface area contributed by atoms with Crippen LogP contribution in [-0.4, -0.2) is 10.2 Å². The van der Waals surface area contributed by atoms with Gasteiger partial charge in [-0.2, -0.15) is 5.10 Å². The molecule has 0 amide bonds. The highest BCUT2D eigenvalue weighted by atomic mass is 15.1. The van der Waals surface area contributed by atoms with Crippen molar-refractivity contribution in [3.8, 4) is 33.5 Å². The minimum Gasteiger partial charge on any atom is -0.278 e. The molecule has 0 saturated carbocycles. The van der Waals surface area contributed by atoms with Gasteiger partial charge < -0.3 is 0 Å². The van der Waals surface area contributed by atoms with E-state index in [1.54, 1.807) is 6.20 Å². The van der Waals surface area contributed by atoms with E-state index in [1.807, 2.05) is 6.07 Å². The van der Waals surface area contributed by atoms with Gasteiger partial charge in [0.25, 0.3) is 0 Å². The third-order valence-corrected chi connectivity index (χ3v) is 4.32. The Hall–Kier alpha value is -2.87. The molecule has 0 atom stereocenters. The van der Waals surface area contributed by atoms with Crippen LogP contribution in [0.25, 0.3) is 44.3 Å². The minimum atomic E-state index is 1.07. The van der Waals surface area contributed by atoms with Crippen molar-refractivity contribution in [1.29, 1.82) is 0 Å². The van der Waals surface area contributed by atoms with Crippen LogP contribution < -0.4 is 0 Å². The molecule has 2 nitrogen and oxygen atoms in total. The monoisotopic (exact) mass is 268 g/mol. The minimum absolute atomic E-state index is 1.07. The fourth-order valence-corrected chi connectivity index (χ4v) is 3.45. The molecule has 1 aromatic heterocycles. The predicted octanol–water partition coefficient (Wildman–Crippen LogP) is 4.88. The van der Waals surface area contributed by atoms with Gasteiger partial charge >= 0.3 is 0 Å². The van der Waals surface area contributed by atoms with Gasteiger partial charge in [-0.15, -0.1) is 0 Å². The first-order valence-corrected chi connectivity index (χ1v) is 7.09. The van der Waals surface area contributed by atoms with Gasteiger partial charge in [0.1, 0.15) is 0 Å². The second-order valence-electron chi connectivity index (χ2n) is 5.41. The summed E-state index contributed by atoms with van der Waals surface area (Å²) in [5.41, 5.74) is 7.58. The molecule has 0 spiro atoms. The number of hydrogen-bond donors (Lipinski definition) is 1. The fraction of sp³-hybridized carbons (Fsp3) is 0. The van der Waals surface area contributed by atoms with Gasteiger partial charge in [0.2, 0.25) is 0 Å². The molecule has 0 saturated heterocycles. The highest BCUT2D eigenvalue weighted by Gasteiger charge is 2.24. The second-order valence-corrected chi connectivity index (χ2v) is 5.41. The standard InChI is InChI=1S/C19H12N2/c1-2-6-15-13(5-1)14-7-3-4-12-8-9-16(19(15)18(12)14)17-10-11-20-21-17/h1-11H,(H,20,21). The van der Waals surface area contributed by atoms with Crippen LogP contribution in [-0.2, 0) is 0 Å². The Morgan fingerprint density at radius 1 is 0.667 bits per heavy atom. The maximum atomic E-state index is 4.10. The van der Waals surface area contributed by atoms with Crippen LogP contribution in [0, 0.1) is 0 Å². The van der Waals surface area contributed by atoms with Crippen molar-refractivity contribution in [2.45, 2.75) is 0 Å². The van der Waals surface area contributed by atoms with E-state index in [4.69, 9.17) is 0 Å². The van der Waals surface area contributed by atoms with Crippen LogP contribution in [0.1, 0.15) is 0 Å². The predicted molar refractivity (Wildman–Crippen MR) is 86.0 cm³/mol. The molecule has 1 aliphatic rings. The van der Waals surface area contributed by atoms with Crippen LogP contribution in [0.2, 0.25) is 0 Å². The first-order chi connectivity index (χ1) is 10.4. The van der Waals surface area contributed by atoms with Crippen molar-refractivity contribution in [2.24, 2.45) is 0 Å². The Morgan fingerprint density at radius 3 is 2.38 bits per heavy atom. The molecule has 3 aromatic carbocycles. The largest absolute Gasteiger partial charge is 0.278 e. The van der Waals surface area contributed by atoms with Crippen LogP contribution in [0.5, 0.6) is 0 Å². The number of nitrogens with zero attached hydrogens (tertiary/aromatic N) is 1. The second kappa shape index (κ2) is 3.83. The molecule has 0 unspecified atom stereocenters. The zero-order chi connectivity index (χ0) is 13.8. The average molecular weight is 268 g/mol. The zero-order valence-electron chi connectivity index (χ0n) is 11.3. The van der Waals surface area contributed by atoms with Gasteiger partial charge in [-0.1, -0.05) is 54.6 Å². The molecular formula is C19H12N2. The van der Waals surface area contributed by atoms with E-state index in [1.165, 1.54) is 38.6 Å². The number of H-pyrrole nitrogens is 1. The molecule has 0 bridgehead atoms. The normalized spacial score (nSPS) is 11.8. The Labute approximate surface area is 122 Å². The average Bonchev–Trinajstić information content (AvgIpc) is 3.17. The Balaban J connectivity index is 2.01. The maximum absolute atomic E-state index is 4.10. The molecule has 1 heterocycles. The molecule has 1 aliphatic carbocycles. The van der Waals surface area contributed by atoms with Crippen molar-refractivity contribution in [1.82, 2.24) is 10.2 Å². The fourth-order valence-electron chi connectivity index (χ4n) is 3.45. The van der Waals surface area contributed by atoms with Crippen molar-refractivity contribution in [2.75, 3.05) is 0 Å². The van der Waals surface area contributed by atoms with E-state index in [0.29, 0.717) is 0 Å². The van der Waals surface area contributed by atoms with E-state index in [-0.39, 0.29) is 0 Å². The van der Waals surface area contributed by atoms with Crippen molar-refractivity contribution < 1.29 is 0 Å². The van der Waals surface area contributed by atoms with E-state index in [9.17, 15) is 0 Å². The number of nitrogens with one attached hydrogen (secondary N) is 1. The summed E-state index contributed by atoms with van der Waals surface area (Å²) in [7, 11) is 0. The van der Waals surface area contributed by atoms with Crippen LogP contribution in [0.3, 0.4) is 0 Å². The maximum Gasteiger partial charge on any atom is 0.0656 e. The lowest BCUT2D eigenvalue weighted by Crippen LogP contribution is -1.84. The molecule has 21 heavy (non-hydrogen) atoms. The molecule has 0 fully saturated rings. The summed E-state index contributed by atoms with van der Waals surface area (Å²) in [6.45, 7) is 0. The van der Waals surface area contributed by atoms with Crippen molar-refractivity contribution in [3.05, 3.63) is 66.9 Å². The van der Waals surface area contributed by atoms with Crippen LogP contribution >= 0.6 is 0 Å². The first-order valence-electron chi connectivity index (χ1n) is 7.09. The molecule has 1 N–H and O–H groups in total. The number of aromatic nitrogens is 2. The van der Waals surface area contributed by atoms with Crippen molar-refractivity contribution in [3.63, 3.8) is 0 Å². The van der Waals surface area contributed by atoms with Gasteiger partial charge in [-0.25, -0.2) is 0 Å². The lowest BCUT2D eigenvalue weighted by atomic mass is 9.96. The Morgan fingerprint density at radius 2 is 1.52 bits per heavy atom. The summed E-state index contributed by atoms with van der Waals surface area (Å²) in [4.78, 5) is 0. The van der Waals surface area contributed by atoms with E-state index < -0.39 is 0 Å². The van der Waals surface area contributed by atoms with Crippen LogP contribution in [0.4, 0.5) is 0 Å². The summed E-state index contributed by atoms with van der Waals surface area (Å²) in [6, 6.07) is 21.6. The van der Waals surface area contributed by atoms with E-state index in [0.717, 1.165) is 5.69 Å². The van der Waals surface area contributed by atoms with Gasteiger partial charge in [0.15, 0.2) is 0 Å². The van der Waals surface area contributed by atoms with Gasteiger partial charge in [0.05, 0.1) is 5.69 Å². The quantitative estimate of drug-likeness (QED) is 0.461. The molecule has 5 rings (SSSR count). The van der Waals surface area contributed by atoms with E-state index in [2.05, 4.69) is 64.8 Å². The van der Waals surface area contributed by atoms with Crippen molar-refractivity contribution >= 4 is 10.8 Å². The van der Waals surface area contributed by atoms with Gasteiger partial charge in [0, 0.05) is 17.3 Å². The molecule has 0 aliphatic heterocycles. The summed E-state index contributed by atoms with van der Waals surface area (Å²) in [5.74, 6) is 0. The number of aromatic amines is 1. The lowest BCUT2D eigenvalue weighted by molar-refractivity contribution is 1.10. The number of fused-ring (bicyclic) bond motifs is 3. The Bertz CT molecular complexity index is 982. The number of benzene rings is 3. The molecule has 2 heteroatoms. The van der Waals surface area contributed by atoms with E-state index >= 15 is 0 Å².